The molecule has 1 aliphatic carbocycles. The summed E-state index contributed by atoms with van der Waals surface area (Å²) in [4.78, 5) is 8.69. The largest absolute Gasteiger partial charge is 0.339 e. The summed E-state index contributed by atoms with van der Waals surface area (Å²) in [5.41, 5.74) is 0.739. The minimum atomic E-state index is 0.435. The zero-order valence-corrected chi connectivity index (χ0v) is 12.1. The van der Waals surface area contributed by atoms with E-state index < -0.39 is 0 Å². The normalized spacial score (nSPS) is 14.5. The number of nitrogens with zero attached hydrogens (tertiary/aromatic N) is 2. The quantitative estimate of drug-likeness (QED) is 0.805. The fourth-order valence-corrected chi connectivity index (χ4v) is 2.40. The highest BCUT2D eigenvalue weighted by molar-refractivity contribution is 6.36. The number of rotatable bonds is 3. The summed E-state index contributed by atoms with van der Waals surface area (Å²) in [6.07, 6.45) is 2.25. The molecule has 1 fully saturated rings. The zero-order valence-electron chi connectivity index (χ0n) is 9.83. The number of hydrogen-bond acceptors (Lipinski definition) is 3. The van der Waals surface area contributed by atoms with Gasteiger partial charge in [-0.2, -0.15) is 0 Å². The van der Waals surface area contributed by atoms with Gasteiger partial charge in [-0.15, -0.1) is 0 Å². The van der Waals surface area contributed by atoms with Crippen molar-refractivity contribution in [2.45, 2.75) is 18.8 Å². The molecule has 98 valence electrons. The van der Waals surface area contributed by atoms with Crippen molar-refractivity contribution in [2.24, 2.45) is 0 Å². The highest BCUT2D eigenvalue weighted by Crippen LogP contribution is 2.39. The number of halogens is 3. The van der Waals surface area contributed by atoms with E-state index in [1.807, 2.05) is 0 Å². The lowest BCUT2D eigenvalue weighted by Gasteiger charge is -2.09. The van der Waals surface area contributed by atoms with Crippen molar-refractivity contribution in [3.05, 3.63) is 45.3 Å². The van der Waals surface area contributed by atoms with Gasteiger partial charge in [0.15, 0.2) is 0 Å². The highest BCUT2D eigenvalue weighted by Gasteiger charge is 2.27. The molecule has 1 aromatic carbocycles. The lowest BCUT2D eigenvalue weighted by atomic mass is 10.3. The molecule has 0 unspecified atom stereocenters. The number of nitrogens with one attached hydrogen (secondary N) is 1. The molecule has 0 amide bonds. The Morgan fingerprint density at radius 1 is 1.05 bits per heavy atom. The topological polar surface area (TPSA) is 37.8 Å². The van der Waals surface area contributed by atoms with Gasteiger partial charge < -0.3 is 5.32 Å². The van der Waals surface area contributed by atoms with Gasteiger partial charge in [-0.25, -0.2) is 9.97 Å². The fraction of sp³-hybridized carbons (Fsp3) is 0.231. The Hall–Kier alpha value is -1.03. The van der Waals surface area contributed by atoms with Crippen LogP contribution in [0.4, 0.5) is 11.5 Å². The molecule has 1 aromatic heterocycles. The summed E-state index contributed by atoms with van der Waals surface area (Å²) in [6, 6.07) is 6.92. The number of hydrogen-bond donors (Lipinski definition) is 1. The predicted octanol–water partition coefficient (Wildman–Crippen LogP) is 5.06. The summed E-state index contributed by atoms with van der Waals surface area (Å²) >= 11 is 18.0. The maximum absolute atomic E-state index is 6.11. The van der Waals surface area contributed by atoms with Crippen molar-refractivity contribution in [3.63, 3.8) is 0 Å². The highest BCUT2D eigenvalue weighted by atomic mass is 35.5. The van der Waals surface area contributed by atoms with Crippen molar-refractivity contribution in [2.75, 3.05) is 5.32 Å². The Kier molecular flexibility index (Phi) is 3.52. The van der Waals surface area contributed by atoms with Gasteiger partial charge in [0.1, 0.15) is 16.8 Å². The summed E-state index contributed by atoms with van der Waals surface area (Å²) in [7, 11) is 0. The van der Waals surface area contributed by atoms with Gasteiger partial charge in [0.05, 0.1) is 10.7 Å². The van der Waals surface area contributed by atoms with E-state index in [-0.39, 0.29) is 0 Å². The van der Waals surface area contributed by atoms with E-state index >= 15 is 0 Å². The molecule has 3 nitrogen and oxygen atoms in total. The molecule has 0 spiro atoms. The lowest BCUT2D eigenvalue weighted by Crippen LogP contribution is -1.99. The van der Waals surface area contributed by atoms with Crippen LogP contribution >= 0.6 is 34.8 Å². The second-order valence-corrected chi connectivity index (χ2v) is 5.69. The Balaban J connectivity index is 1.89. The number of benzene rings is 1. The smallest absolute Gasteiger partial charge is 0.135 e. The molecular weight excluding hydrogens is 305 g/mol. The molecule has 1 aliphatic rings. The van der Waals surface area contributed by atoms with Gasteiger partial charge in [-0.1, -0.05) is 34.8 Å². The van der Waals surface area contributed by atoms with E-state index in [9.17, 15) is 0 Å². The summed E-state index contributed by atoms with van der Waals surface area (Å²) < 4.78 is 0. The average molecular weight is 315 g/mol. The molecule has 0 radical (unpaired) electrons. The van der Waals surface area contributed by atoms with Gasteiger partial charge in [-0.3, -0.25) is 0 Å². The van der Waals surface area contributed by atoms with Crippen molar-refractivity contribution in [1.29, 1.82) is 0 Å². The lowest BCUT2D eigenvalue weighted by molar-refractivity contribution is 0.931. The predicted molar refractivity (Wildman–Crippen MR) is 78.8 cm³/mol. The molecule has 19 heavy (non-hydrogen) atoms. The molecule has 0 atom stereocenters. The summed E-state index contributed by atoms with van der Waals surface area (Å²) in [6.45, 7) is 0. The van der Waals surface area contributed by atoms with Gasteiger partial charge in [-0.05, 0) is 31.0 Å². The molecular formula is C13H10Cl3N3. The van der Waals surface area contributed by atoms with E-state index in [4.69, 9.17) is 34.8 Å². The van der Waals surface area contributed by atoms with Crippen LogP contribution in [0.15, 0.2) is 24.3 Å². The van der Waals surface area contributed by atoms with Gasteiger partial charge in [0, 0.05) is 17.0 Å². The minimum absolute atomic E-state index is 0.435. The molecule has 2 aromatic rings. The first-order valence-corrected chi connectivity index (χ1v) is 7.02. The van der Waals surface area contributed by atoms with E-state index in [2.05, 4.69) is 15.3 Å². The van der Waals surface area contributed by atoms with E-state index in [1.54, 1.807) is 24.3 Å². The van der Waals surface area contributed by atoms with Crippen LogP contribution in [0.5, 0.6) is 0 Å². The summed E-state index contributed by atoms with van der Waals surface area (Å²) in [5, 5.41) is 4.70. The Morgan fingerprint density at radius 2 is 1.84 bits per heavy atom. The minimum Gasteiger partial charge on any atom is -0.339 e. The van der Waals surface area contributed by atoms with Crippen molar-refractivity contribution in [1.82, 2.24) is 9.97 Å². The molecule has 6 heteroatoms. The van der Waals surface area contributed by atoms with Crippen molar-refractivity contribution in [3.8, 4) is 0 Å². The third-order valence-electron chi connectivity index (χ3n) is 2.85. The SMILES string of the molecule is Clc1ccc(Nc2cc(Cl)nc(C3CC3)n2)c(Cl)c1. The second-order valence-electron chi connectivity index (χ2n) is 4.46. The van der Waals surface area contributed by atoms with Crippen LogP contribution in [0.2, 0.25) is 15.2 Å². The van der Waals surface area contributed by atoms with Crippen LogP contribution in [0.1, 0.15) is 24.6 Å². The van der Waals surface area contributed by atoms with Crippen LogP contribution in [0, 0.1) is 0 Å². The number of anilines is 2. The van der Waals surface area contributed by atoms with E-state index in [0.29, 0.717) is 26.9 Å². The standard InChI is InChI=1S/C13H10Cl3N3/c14-8-3-4-10(9(15)5-8)17-12-6-11(16)18-13(19-12)7-1-2-7/h3-7H,1-2H2,(H,17,18,19). The van der Waals surface area contributed by atoms with E-state index in [0.717, 1.165) is 24.4 Å². The molecule has 1 saturated carbocycles. The average Bonchev–Trinajstić information content (AvgIpc) is 3.16. The van der Waals surface area contributed by atoms with E-state index in [1.165, 1.54) is 0 Å². The van der Waals surface area contributed by atoms with Gasteiger partial charge in [0.2, 0.25) is 0 Å². The van der Waals surface area contributed by atoms with Crippen LogP contribution in [-0.2, 0) is 0 Å². The van der Waals surface area contributed by atoms with Crippen LogP contribution in [0.25, 0.3) is 0 Å². The van der Waals surface area contributed by atoms with Gasteiger partial charge >= 0.3 is 0 Å². The van der Waals surface area contributed by atoms with Crippen molar-refractivity contribution >= 4 is 46.3 Å². The Bertz CT molecular complexity index is 627. The Morgan fingerprint density at radius 3 is 2.53 bits per heavy atom. The van der Waals surface area contributed by atoms with Crippen LogP contribution in [0.3, 0.4) is 0 Å². The molecule has 1 N–H and O–H groups in total. The third-order valence-corrected chi connectivity index (χ3v) is 3.59. The molecule has 1 heterocycles. The maximum atomic E-state index is 6.11. The van der Waals surface area contributed by atoms with Crippen LogP contribution in [-0.4, -0.2) is 9.97 Å². The van der Waals surface area contributed by atoms with Crippen LogP contribution < -0.4 is 5.32 Å². The van der Waals surface area contributed by atoms with Crippen molar-refractivity contribution < 1.29 is 0 Å². The third kappa shape index (κ3) is 3.11. The molecule has 0 aliphatic heterocycles. The number of aromatic nitrogens is 2. The first-order valence-electron chi connectivity index (χ1n) is 5.88. The van der Waals surface area contributed by atoms with Gasteiger partial charge in [0.25, 0.3) is 0 Å². The molecule has 0 saturated heterocycles. The Labute approximate surface area is 125 Å². The second kappa shape index (κ2) is 5.16. The monoisotopic (exact) mass is 313 g/mol. The molecule has 0 bridgehead atoms. The fourth-order valence-electron chi connectivity index (χ4n) is 1.75. The maximum Gasteiger partial charge on any atom is 0.135 e. The molecule has 3 rings (SSSR count). The zero-order chi connectivity index (χ0) is 13.4. The summed E-state index contributed by atoms with van der Waals surface area (Å²) in [5.74, 6) is 1.88. The first-order chi connectivity index (χ1) is 9.11. The first kappa shape index (κ1) is 13.0.